The van der Waals surface area contributed by atoms with Crippen LogP contribution < -0.4 is 16.0 Å². The van der Waals surface area contributed by atoms with Crippen molar-refractivity contribution in [2.24, 2.45) is 5.73 Å². The van der Waals surface area contributed by atoms with E-state index in [-0.39, 0.29) is 5.91 Å². The first-order chi connectivity index (χ1) is 8.97. The van der Waals surface area contributed by atoms with Crippen LogP contribution in [0.5, 0.6) is 0 Å². The summed E-state index contributed by atoms with van der Waals surface area (Å²) >= 11 is 1.69. The summed E-state index contributed by atoms with van der Waals surface area (Å²) in [6.45, 7) is 6.23. The van der Waals surface area contributed by atoms with Crippen LogP contribution in [0.1, 0.15) is 32.4 Å². The third-order valence-electron chi connectivity index (χ3n) is 3.17. The van der Waals surface area contributed by atoms with Crippen molar-refractivity contribution in [2.45, 2.75) is 38.6 Å². The second-order valence-corrected chi connectivity index (χ2v) is 6.38. The number of carbonyl (C=O) groups excluding carboxylic acids is 1. The van der Waals surface area contributed by atoms with Crippen molar-refractivity contribution in [3.05, 3.63) is 11.1 Å². The average Bonchev–Trinajstić information content (AvgIpc) is 2.97. The number of anilines is 1. The Bertz CT molecular complexity index is 432. The zero-order valence-electron chi connectivity index (χ0n) is 11.6. The summed E-state index contributed by atoms with van der Waals surface area (Å²) in [4.78, 5) is 18.5. The fourth-order valence-corrected chi connectivity index (χ4v) is 2.91. The molecule has 2 rings (SSSR count). The maximum Gasteiger partial charge on any atom is 0.239 e. The summed E-state index contributed by atoms with van der Waals surface area (Å²) in [5, 5.41) is 6.02. The Labute approximate surface area is 118 Å². The van der Waals surface area contributed by atoms with E-state index in [1.54, 1.807) is 25.2 Å². The standard InChI is InChI=1S/C13H22N4OS/c1-13(2,14)11(18)15-6-5-10-9-19-12(16-10)17-7-3-4-8-17/h9H,3-8,14H2,1-2H3,(H,15,18). The molecule has 0 aromatic carbocycles. The van der Waals surface area contributed by atoms with Crippen molar-refractivity contribution in [1.82, 2.24) is 10.3 Å². The second-order valence-electron chi connectivity index (χ2n) is 5.54. The molecule has 1 saturated heterocycles. The SMILES string of the molecule is CC(C)(N)C(=O)NCCc1csc(N2CCCC2)n1. The first kappa shape index (κ1) is 14.3. The molecule has 0 bridgehead atoms. The van der Waals surface area contributed by atoms with E-state index >= 15 is 0 Å². The van der Waals surface area contributed by atoms with Gasteiger partial charge in [0.2, 0.25) is 5.91 Å². The largest absolute Gasteiger partial charge is 0.354 e. The van der Waals surface area contributed by atoms with Crippen molar-refractivity contribution in [3.63, 3.8) is 0 Å². The van der Waals surface area contributed by atoms with E-state index in [2.05, 4.69) is 20.6 Å². The predicted molar refractivity (Wildman–Crippen MR) is 78.5 cm³/mol. The lowest BCUT2D eigenvalue weighted by atomic mass is 10.1. The molecule has 1 aliphatic heterocycles. The Morgan fingerprint density at radius 2 is 2.21 bits per heavy atom. The molecule has 0 unspecified atom stereocenters. The minimum absolute atomic E-state index is 0.123. The number of thiazole rings is 1. The third kappa shape index (κ3) is 3.91. The summed E-state index contributed by atoms with van der Waals surface area (Å²) < 4.78 is 0. The highest BCUT2D eigenvalue weighted by Crippen LogP contribution is 2.24. The molecule has 1 amide bonds. The van der Waals surface area contributed by atoms with Gasteiger partial charge in [0.1, 0.15) is 0 Å². The van der Waals surface area contributed by atoms with Crippen LogP contribution >= 0.6 is 11.3 Å². The molecule has 2 heterocycles. The number of nitrogens with two attached hydrogens (primary N) is 1. The van der Waals surface area contributed by atoms with Crippen molar-refractivity contribution >= 4 is 22.4 Å². The normalized spacial score (nSPS) is 15.8. The van der Waals surface area contributed by atoms with Crippen LogP contribution in [0.2, 0.25) is 0 Å². The molecule has 0 saturated carbocycles. The van der Waals surface area contributed by atoms with Crippen molar-refractivity contribution in [3.8, 4) is 0 Å². The fourth-order valence-electron chi connectivity index (χ4n) is 2.00. The van der Waals surface area contributed by atoms with Gasteiger partial charge in [0, 0.05) is 31.4 Å². The Morgan fingerprint density at radius 3 is 2.84 bits per heavy atom. The summed E-state index contributed by atoms with van der Waals surface area (Å²) in [6.07, 6.45) is 3.28. The van der Waals surface area contributed by atoms with Gasteiger partial charge in [0.05, 0.1) is 11.2 Å². The van der Waals surface area contributed by atoms with Gasteiger partial charge in [-0.1, -0.05) is 0 Å². The topological polar surface area (TPSA) is 71.2 Å². The maximum atomic E-state index is 11.6. The molecule has 1 aliphatic rings. The quantitative estimate of drug-likeness (QED) is 0.849. The molecule has 0 atom stereocenters. The molecule has 0 radical (unpaired) electrons. The smallest absolute Gasteiger partial charge is 0.239 e. The van der Waals surface area contributed by atoms with Crippen LogP contribution in [-0.2, 0) is 11.2 Å². The van der Waals surface area contributed by atoms with Gasteiger partial charge in [-0.25, -0.2) is 4.98 Å². The van der Waals surface area contributed by atoms with Crippen molar-refractivity contribution in [2.75, 3.05) is 24.5 Å². The van der Waals surface area contributed by atoms with Crippen LogP contribution in [-0.4, -0.2) is 36.1 Å². The van der Waals surface area contributed by atoms with E-state index in [9.17, 15) is 4.79 Å². The van der Waals surface area contributed by atoms with Crippen LogP contribution in [0.25, 0.3) is 0 Å². The minimum Gasteiger partial charge on any atom is -0.354 e. The molecule has 3 N–H and O–H groups in total. The first-order valence-electron chi connectivity index (χ1n) is 6.73. The molecule has 1 fully saturated rings. The van der Waals surface area contributed by atoms with E-state index in [0.717, 1.165) is 30.3 Å². The lowest BCUT2D eigenvalue weighted by Crippen LogP contribution is -2.49. The van der Waals surface area contributed by atoms with E-state index in [4.69, 9.17) is 5.73 Å². The van der Waals surface area contributed by atoms with Gasteiger partial charge < -0.3 is 16.0 Å². The fraction of sp³-hybridized carbons (Fsp3) is 0.692. The van der Waals surface area contributed by atoms with E-state index in [1.165, 1.54) is 12.8 Å². The Kier molecular flexibility index (Phi) is 4.42. The predicted octanol–water partition coefficient (Wildman–Crippen LogP) is 1.14. The Balaban J connectivity index is 1.79. The zero-order chi connectivity index (χ0) is 13.9. The molecular formula is C13H22N4OS. The van der Waals surface area contributed by atoms with Gasteiger partial charge in [-0.15, -0.1) is 11.3 Å². The second kappa shape index (κ2) is 5.88. The van der Waals surface area contributed by atoms with E-state index in [0.29, 0.717) is 6.54 Å². The van der Waals surface area contributed by atoms with Crippen LogP contribution in [0.15, 0.2) is 5.38 Å². The van der Waals surface area contributed by atoms with Crippen molar-refractivity contribution < 1.29 is 4.79 Å². The summed E-state index contributed by atoms with van der Waals surface area (Å²) in [7, 11) is 0. The molecule has 1 aromatic heterocycles. The van der Waals surface area contributed by atoms with E-state index in [1.807, 2.05) is 0 Å². The lowest BCUT2D eigenvalue weighted by molar-refractivity contribution is -0.125. The van der Waals surface area contributed by atoms with Crippen molar-refractivity contribution in [1.29, 1.82) is 0 Å². The van der Waals surface area contributed by atoms with Gasteiger partial charge in [0.25, 0.3) is 0 Å². The molecule has 0 aliphatic carbocycles. The highest BCUT2D eigenvalue weighted by atomic mass is 32.1. The van der Waals surface area contributed by atoms with E-state index < -0.39 is 5.54 Å². The number of carbonyl (C=O) groups is 1. The number of nitrogens with zero attached hydrogens (tertiary/aromatic N) is 2. The van der Waals surface area contributed by atoms with Gasteiger partial charge in [-0.3, -0.25) is 4.79 Å². The number of aromatic nitrogens is 1. The maximum absolute atomic E-state index is 11.6. The first-order valence-corrected chi connectivity index (χ1v) is 7.61. The molecular weight excluding hydrogens is 260 g/mol. The van der Waals surface area contributed by atoms with Gasteiger partial charge >= 0.3 is 0 Å². The van der Waals surface area contributed by atoms with Gasteiger partial charge in [0.15, 0.2) is 5.13 Å². The lowest BCUT2D eigenvalue weighted by Gasteiger charge is -2.17. The van der Waals surface area contributed by atoms with Crippen LogP contribution in [0.4, 0.5) is 5.13 Å². The third-order valence-corrected chi connectivity index (χ3v) is 4.12. The monoisotopic (exact) mass is 282 g/mol. The molecule has 5 nitrogen and oxygen atoms in total. The Morgan fingerprint density at radius 1 is 1.53 bits per heavy atom. The number of hydrogen-bond donors (Lipinski definition) is 2. The molecule has 19 heavy (non-hydrogen) atoms. The summed E-state index contributed by atoms with van der Waals surface area (Å²) in [6, 6.07) is 0. The minimum atomic E-state index is -0.817. The molecule has 106 valence electrons. The van der Waals surface area contributed by atoms with Crippen LogP contribution in [0, 0.1) is 0 Å². The highest BCUT2D eigenvalue weighted by Gasteiger charge is 2.21. The summed E-state index contributed by atoms with van der Waals surface area (Å²) in [5.41, 5.74) is 5.94. The van der Waals surface area contributed by atoms with Gasteiger partial charge in [-0.2, -0.15) is 0 Å². The van der Waals surface area contributed by atoms with Gasteiger partial charge in [-0.05, 0) is 26.7 Å². The highest BCUT2D eigenvalue weighted by molar-refractivity contribution is 7.13. The number of amides is 1. The molecule has 0 spiro atoms. The average molecular weight is 282 g/mol. The summed E-state index contributed by atoms with van der Waals surface area (Å²) in [5.74, 6) is -0.123. The van der Waals surface area contributed by atoms with Crippen LogP contribution in [0.3, 0.4) is 0 Å². The number of rotatable bonds is 5. The zero-order valence-corrected chi connectivity index (χ0v) is 12.4. The number of hydrogen-bond acceptors (Lipinski definition) is 5. The number of nitrogens with one attached hydrogen (secondary N) is 1. The molecule has 6 heteroatoms. The molecule has 1 aromatic rings. The Hall–Kier alpha value is -1.14.